The summed E-state index contributed by atoms with van der Waals surface area (Å²) >= 11 is 0. The molecule has 0 bridgehead atoms. The van der Waals surface area contributed by atoms with E-state index in [9.17, 15) is 9.90 Å². The minimum Gasteiger partial charge on any atom is -0.497 e. The van der Waals surface area contributed by atoms with Gasteiger partial charge in [-0.25, -0.2) is 0 Å². The summed E-state index contributed by atoms with van der Waals surface area (Å²) in [5, 5.41) is 13.6. The van der Waals surface area contributed by atoms with Gasteiger partial charge in [0.2, 0.25) is 5.91 Å². The van der Waals surface area contributed by atoms with E-state index in [2.05, 4.69) is 5.32 Å². The Morgan fingerprint density at radius 3 is 2.39 bits per heavy atom. The number of ether oxygens (including phenoxy) is 1. The van der Waals surface area contributed by atoms with Gasteiger partial charge in [-0.2, -0.15) is 0 Å². The van der Waals surface area contributed by atoms with E-state index in [0.717, 1.165) is 37.0 Å². The van der Waals surface area contributed by atoms with Crippen LogP contribution in [0.15, 0.2) is 24.3 Å². The molecule has 4 nitrogen and oxygen atoms in total. The average Bonchev–Trinajstić information content (AvgIpc) is 2.78. The third-order valence-electron chi connectivity index (χ3n) is 4.77. The molecule has 1 atom stereocenters. The molecule has 4 heteroatoms. The maximum atomic E-state index is 12.3. The van der Waals surface area contributed by atoms with Crippen molar-refractivity contribution in [1.82, 2.24) is 5.32 Å². The van der Waals surface area contributed by atoms with Crippen molar-refractivity contribution in [1.29, 1.82) is 0 Å². The van der Waals surface area contributed by atoms with Crippen LogP contribution in [0.5, 0.6) is 5.75 Å². The molecular formula is C19H29NO3. The summed E-state index contributed by atoms with van der Waals surface area (Å²) in [7, 11) is 1.64. The van der Waals surface area contributed by atoms with Crippen LogP contribution in [0, 0.1) is 5.92 Å². The molecule has 1 aliphatic carbocycles. The van der Waals surface area contributed by atoms with Crippen LogP contribution >= 0.6 is 0 Å². The highest BCUT2D eigenvalue weighted by Crippen LogP contribution is 2.26. The van der Waals surface area contributed by atoms with E-state index in [1.165, 1.54) is 12.8 Å². The van der Waals surface area contributed by atoms with Gasteiger partial charge in [0.1, 0.15) is 5.75 Å². The molecule has 0 heterocycles. The summed E-state index contributed by atoms with van der Waals surface area (Å²) < 4.78 is 5.14. The summed E-state index contributed by atoms with van der Waals surface area (Å²) in [5.41, 5.74) is 0.396. The van der Waals surface area contributed by atoms with Crippen molar-refractivity contribution in [3.8, 4) is 5.75 Å². The van der Waals surface area contributed by atoms with Gasteiger partial charge < -0.3 is 15.2 Å². The van der Waals surface area contributed by atoms with Gasteiger partial charge in [-0.3, -0.25) is 4.79 Å². The van der Waals surface area contributed by atoms with E-state index in [4.69, 9.17) is 4.74 Å². The number of hydrogen-bond donors (Lipinski definition) is 2. The number of benzene rings is 1. The monoisotopic (exact) mass is 319 g/mol. The minimum absolute atomic E-state index is 0.0125. The lowest BCUT2D eigenvalue weighted by Gasteiger charge is -2.27. The fourth-order valence-electron chi connectivity index (χ4n) is 3.20. The summed E-state index contributed by atoms with van der Waals surface area (Å²) in [6.07, 6.45) is 6.74. The van der Waals surface area contributed by atoms with Crippen LogP contribution in [0.25, 0.3) is 0 Å². The molecule has 2 rings (SSSR count). The molecule has 0 radical (unpaired) electrons. The standard InChI is InChI=1S/C19H29NO3/c1-15(13-16-7-9-17(23-2)10-8-16)18(21)20-14-19(22)11-5-3-4-6-12-19/h7-10,15,22H,3-6,11-14H2,1-2H3,(H,20,21). The molecule has 0 spiro atoms. The van der Waals surface area contributed by atoms with Crippen LogP contribution in [-0.4, -0.2) is 30.3 Å². The van der Waals surface area contributed by atoms with Gasteiger partial charge in [0, 0.05) is 12.5 Å². The second kappa shape index (κ2) is 8.34. The predicted molar refractivity (Wildman–Crippen MR) is 91.5 cm³/mol. The molecular weight excluding hydrogens is 290 g/mol. The molecule has 1 unspecified atom stereocenters. The zero-order valence-electron chi connectivity index (χ0n) is 14.3. The van der Waals surface area contributed by atoms with Crippen LogP contribution < -0.4 is 10.1 Å². The Kier molecular flexibility index (Phi) is 6.46. The van der Waals surface area contributed by atoms with E-state index >= 15 is 0 Å². The first-order chi connectivity index (χ1) is 11.0. The van der Waals surface area contributed by atoms with Gasteiger partial charge in [-0.1, -0.05) is 44.7 Å². The Hall–Kier alpha value is -1.55. The Morgan fingerprint density at radius 2 is 1.83 bits per heavy atom. The molecule has 23 heavy (non-hydrogen) atoms. The molecule has 1 fully saturated rings. The lowest BCUT2D eigenvalue weighted by Crippen LogP contribution is -2.44. The second-order valence-corrected chi connectivity index (χ2v) is 6.81. The predicted octanol–water partition coefficient (Wildman–Crippen LogP) is 3.08. The zero-order valence-corrected chi connectivity index (χ0v) is 14.3. The molecule has 128 valence electrons. The topological polar surface area (TPSA) is 58.6 Å². The van der Waals surface area contributed by atoms with E-state index in [0.29, 0.717) is 13.0 Å². The van der Waals surface area contributed by atoms with E-state index in [1.807, 2.05) is 31.2 Å². The van der Waals surface area contributed by atoms with Crippen LogP contribution in [0.2, 0.25) is 0 Å². The second-order valence-electron chi connectivity index (χ2n) is 6.81. The SMILES string of the molecule is COc1ccc(CC(C)C(=O)NCC2(O)CCCCCC2)cc1. The smallest absolute Gasteiger partial charge is 0.223 e. The largest absolute Gasteiger partial charge is 0.497 e. The molecule has 0 aliphatic heterocycles. The Labute approximate surface area is 139 Å². The summed E-state index contributed by atoms with van der Waals surface area (Å²) in [6, 6.07) is 7.80. The van der Waals surface area contributed by atoms with Gasteiger partial charge in [0.15, 0.2) is 0 Å². The van der Waals surface area contributed by atoms with Gasteiger partial charge >= 0.3 is 0 Å². The van der Waals surface area contributed by atoms with E-state index in [1.54, 1.807) is 7.11 Å². The lowest BCUT2D eigenvalue weighted by atomic mass is 9.94. The molecule has 0 saturated heterocycles. The van der Waals surface area contributed by atoms with Crippen LogP contribution in [0.1, 0.15) is 51.0 Å². The maximum Gasteiger partial charge on any atom is 0.223 e. The van der Waals surface area contributed by atoms with Crippen molar-refractivity contribution in [3.63, 3.8) is 0 Å². The number of hydrogen-bond acceptors (Lipinski definition) is 3. The van der Waals surface area contributed by atoms with Crippen LogP contribution in [-0.2, 0) is 11.2 Å². The van der Waals surface area contributed by atoms with E-state index < -0.39 is 5.60 Å². The third-order valence-corrected chi connectivity index (χ3v) is 4.77. The molecule has 2 N–H and O–H groups in total. The van der Waals surface area contributed by atoms with Crippen LogP contribution in [0.3, 0.4) is 0 Å². The van der Waals surface area contributed by atoms with Crippen molar-refractivity contribution < 1.29 is 14.6 Å². The summed E-state index contributed by atoms with van der Waals surface area (Å²) in [6.45, 7) is 2.30. The molecule has 1 aromatic rings. The summed E-state index contributed by atoms with van der Waals surface area (Å²) in [5.74, 6) is 0.720. The number of nitrogens with one attached hydrogen (secondary N) is 1. The lowest BCUT2D eigenvalue weighted by molar-refractivity contribution is -0.125. The Morgan fingerprint density at radius 1 is 1.22 bits per heavy atom. The molecule has 1 aromatic carbocycles. The molecule has 1 amide bonds. The normalized spacial score (nSPS) is 18.7. The highest BCUT2D eigenvalue weighted by molar-refractivity contribution is 5.78. The molecule has 0 aromatic heterocycles. The number of carbonyl (C=O) groups excluding carboxylic acids is 1. The highest BCUT2D eigenvalue weighted by Gasteiger charge is 2.29. The number of aliphatic hydroxyl groups is 1. The zero-order chi connectivity index (χ0) is 16.7. The number of methoxy groups -OCH3 is 1. The fraction of sp³-hybridized carbons (Fsp3) is 0.632. The third kappa shape index (κ3) is 5.54. The number of carbonyl (C=O) groups is 1. The summed E-state index contributed by atoms with van der Waals surface area (Å²) in [4.78, 5) is 12.3. The highest BCUT2D eigenvalue weighted by atomic mass is 16.5. The van der Waals surface area contributed by atoms with E-state index in [-0.39, 0.29) is 11.8 Å². The van der Waals surface area contributed by atoms with Crippen LogP contribution in [0.4, 0.5) is 0 Å². The van der Waals surface area contributed by atoms with Crippen molar-refractivity contribution >= 4 is 5.91 Å². The van der Waals surface area contributed by atoms with Crippen molar-refractivity contribution in [2.24, 2.45) is 5.92 Å². The van der Waals surface area contributed by atoms with Gasteiger partial charge in [-0.05, 0) is 37.0 Å². The first kappa shape index (κ1) is 17.8. The fourth-order valence-corrected chi connectivity index (χ4v) is 3.20. The Bertz CT molecular complexity index is 490. The first-order valence-electron chi connectivity index (χ1n) is 8.65. The first-order valence-corrected chi connectivity index (χ1v) is 8.65. The number of rotatable bonds is 6. The quantitative estimate of drug-likeness (QED) is 0.792. The van der Waals surface area contributed by atoms with Crippen molar-refractivity contribution in [3.05, 3.63) is 29.8 Å². The van der Waals surface area contributed by atoms with Crippen molar-refractivity contribution in [2.45, 2.75) is 57.5 Å². The van der Waals surface area contributed by atoms with Crippen molar-refractivity contribution in [2.75, 3.05) is 13.7 Å². The van der Waals surface area contributed by atoms with Gasteiger partial charge in [0.05, 0.1) is 12.7 Å². The number of amides is 1. The van der Waals surface area contributed by atoms with Gasteiger partial charge in [0.25, 0.3) is 0 Å². The molecule has 1 aliphatic rings. The van der Waals surface area contributed by atoms with Gasteiger partial charge in [-0.15, -0.1) is 0 Å². The minimum atomic E-state index is -0.716. The average molecular weight is 319 g/mol. The maximum absolute atomic E-state index is 12.3. The Balaban J connectivity index is 1.81. The molecule has 1 saturated carbocycles.